The van der Waals surface area contributed by atoms with Crippen molar-refractivity contribution in [3.8, 4) is 5.75 Å². The molecule has 0 aliphatic heterocycles. The van der Waals surface area contributed by atoms with Gasteiger partial charge in [-0.05, 0) is 60.9 Å². The molecular weight excluding hydrogens is 518 g/mol. The first-order valence-electron chi connectivity index (χ1n) is 13.4. The Morgan fingerprint density at radius 1 is 1.05 bits per heavy atom. The van der Waals surface area contributed by atoms with Gasteiger partial charge in [0.2, 0.25) is 0 Å². The molecule has 0 bridgehead atoms. The molecule has 0 radical (unpaired) electrons. The molecule has 8 nitrogen and oxygen atoms in total. The minimum atomic E-state index is -1.14. The van der Waals surface area contributed by atoms with Crippen LogP contribution in [-0.4, -0.2) is 55.9 Å². The van der Waals surface area contributed by atoms with Crippen LogP contribution in [0.2, 0.25) is 0 Å². The Morgan fingerprint density at radius 3 is 2.31 bits per heavy atom. The van der Waals surface area contributed by atoms with Gasteiger partial charge in [-0.3, -0.25) is 9.59 Å². The number of methoxy groups -OCH3 is 2. The summed E-state index contributed by atoms with van der Waals surface area (Å²) in [5.74, 6) is -0.982. The molecule has 0 spiro atoms. The van der Waals surface area contributed by atoms with Gasteiger partial charge in [0.1, 0.15) is 18.4 Å². The van der Waals surface area contributed by atoms with Gasteiger partial charge in [0, 0.05) is 10.8 Å². The predicted octanol–water partition coefficient (Wildman–Crippen LogP) is 5.31. The molecule has 1 heterocycles. The first-order chi connectivity index (χ1) is 18.4. The van der Waals surface area contributed by atoms with Crippen LogP contribution in [0.15, 0.2) is 24.3 Å². The number of carbonyl (C=O) groups excluding carboxylic acids is 3. The third-order valence-corrected chi connectivity index (χ3v) is 8.43. The van der Waals surface area contributed by atoms with Gasteiger partial charge in [0.25, 0.3) is 5.91 Å². The molecule has 39 heavy (non-hydrogen) atoms. The second-order valence-corrected chi connectivity index (χ2v) is 11.6. The lowest BCUT2D eigenvalue weighted by molar-refractivity contribution is -0.149. The number of thiophene rings is 1. The highest BCUT2D eigenvalue weighted by molar-refractivity contribution is 7.14. The van der Waals surface area contributed by atoms with Crippen molar-refractivity contribution in [2.45, 2.75) is 85.3 Å². The number of esters is 2. The molecule has 0 fully saturated rings. The van der Waals surface area contributed by atoms with E-state index in [4.69, 9.17) is 9.47 Å². The lowest BCUT2D eigenvalue weighted by atomic mass is 9.82. The van der Waals surface area contributed by atoms with Gasteiger partial charge in [-0.25, -0.2) is 4.79 Å². The van der Waals surface area contributed by atoms with Gasteiger partial charge < -0.3 is 24.6 Å². The zero-order valence-electron chi connectivity index (χ0n) is 24.4. The fourth-order valence-electron chi connectivity index (χ4n) is 4.57. The van der Waals surface area contributed by atoms with Gasteiger partial charge >= 0.3 is 11.9 Å². The third kappa shape index (κ3) is 8.54. The van der Waals surface area contributed by atoms with Crippen LogP contribution in [0, 0.1) is 19.3 Å². The molecule has 0 aliphatic carbocycles. The first-order valence-corrected chi connectivity index (χ1v) is 14.2. The van der Waals surface area contributed by atoms with E-state index in [2.05, 4.69) is 43.8 Å². The summed E-state index contributed by atoms with van der Waals surface area (Å²) in [6, 6.07) is 6.91. The molecule has 2 unspecified atom stereocenters. The van der Waals surface area contributed by atoms with Crippen LogP contribution in [-0.2, 0) is 19.1 Å². The predicted molar refractivity (Wildman–Crippen MR) is 152 cm³/mol. The van der Waals surface area contributed by atoms with Crippen LogP contribution in [0.25, 0.3) is 0 Å². The Bertz CT molecular complexity index is 1140. The maximum Gasteiger partial charge on any atom is 0.328 e. The number of ether oxygens (including phenoxy) is 3. The summed E-state index contributed by atoms with van der Waals surface area (Å²) in [7, 11) is 2.42. The van der Waals surface area contributed by atoms with Crippen molar-refractivity contribution in [1.82, 2.24) is 5.32 Å². The molecule has 1 amide bonds. The number of hydrogen-bond acceptors (Lipinski definition) is 8. The van der Waals surface area contributed by atoms with E-state index >= 15 is 0 Å². The number of nitrogens with one attached hydrogen (secondary N) is 1. The monoisotopic (exact) mass is 561 g/mol. The van der Waals surface area contributed by atoms with E-state index < -0.39 is 30.0 Å². The summed E-state index contributed by atoms with van der Waals surface area (Å²) in [5.41, 5.74) is 2.64. The van der Waals surface area contributed by atoms with Gasteiger partial charge in [0.05, 0.1) is 31.6 Å². The van der Waals surface area contributed by atoms with E-state index in [0.29, 0.717) is 4.88 Å². The second kappa shape index (κ2) is 14.5. The van der Waals surface area contributed by atoms with Crippen molar-refractivity contribution in [3.05, 3.63) is 50.7 Å². The largest absolute Gasteiger partial charge is 0.491 e. The lowest BCUT2D eigenvalue weighted by Crippen LogP contribution is -2.43. The van der Waals surface area contributed by atoms with E-state index in [1.165, 1.54) is 25.6 Å². The Balaban J connectivity index is 2.21. The minimum absolute atomic E-state index is 0.0588. The molecule has 0 saturated carbocycles. The molecule has 2 aromatic rings. The van der Waals surface area contributed by atoms with E-state index in [1.54, 1.807) is 0 Å². The zero-order valence-corrected chi connectivity index (χ0v) is 25.2. The average Bonchev–Trinajstić information content (AvgIpc) is 3.28. The maximum absolute atomic E-state index is 13.1. The number of aryl methyl sites for hydroxylation is 2. The standard InChI is InChI=1S/C30H43NO7S/c1-9-13-30(5,6)25(32)17-38-23-12-11-20(14-18(23)3)21(10-2)24-15-19(4)27(39-24)28(34)31-22(29(35)37-8)16-26(33)36-7/h11-12,14-15,21-22,25,32H,9-10,13,16-17H2,1-8H3,(H,31,34)/t21?,22-,25?/m1/s1. The van der Waals surface area contributed by atoms with E-state index in [1.807, 2.05) is 32.0 Å². The number of rotatable bonds is 14. The van der Waals surface area contributed by atoms with E-state index in [9.17, 15) is 19.5 Å². The van der Waals surface area contributed by atoms with E-state index in [-0.39, 0.29) is 24.4 Å². The minimum Gasteiger partial charge on any atom is -0.491 e. The molecule has 2 rings (SSSR count). The molecule has 1 aromatic carbocycles. The summed E-state index contributed by atoms with van der Waals surface area (Å²) in [5, 5.41) is 13.2. The molecule has 0 saturated heterocycles. The molecule has 1 aromatic heterocycles. The highest BCUT2D eigenvalue weighted by atomic mass is 32.1. The molecular formula is C30H43NO7S. The average molecular weight is 562 g/mol. The zero-order chi connectivity index (χ0) is 29.3. The van der Waals surface area contributed by atoms with Crippen LogP contribution in [0.5, 0.6) is 5.75 Å². The maximum atomic E-state index is 13.1. The first kappa shape index (κ1) is 32.3. The Labute approximate surface area is 236 Å². The summed E-state index contributed by atoms with van der Waals surface area (Å²) < 4.78 is 15.4. The second-order valence-electron chi connectivity index (χ2n) is 10.5. The quantitative estimate of drug-likeness (QED) is 0.301. The van der Waals surface area contributed by atoms with Crippen LogP contribution in [0.3, 0.4) is 0 Å². The topological polar surface area (TPSA) is 111 Å². The molecule has 9 heteroatoms. The number of benzene rings is 1. The van der Waals surface area contributed by atoms with Crippen molar-refractivity contribution >= 4 is 29.2 Å². The van der Waals surface area contributed by atoms with Gasteiger partial charge in [-0.15, -0.1) is 11.3 Å². The van der Waals surface area contributed by atoms with Gasteiger partial charge in [0.15, 0.2) is 0 Å². The molecule has 216 valence electrons. The van der Waals surface area contributed by atoms with Crippen molar-refractivity contribution < 1.29 is 33.7 Å². The van der Waals surface area contributed by atoms with Crippen LogP contribution < -0.4 is 10.1 Å². The normalized spacial score (nSPS) is 13.8. The number of hydrogen-bond donors (Lipinski definition) is 2. The number of carbonyl (C=O) groups is 3. The number of aliphatic hydroxyl groups excluding tert-OH is 1. The molecule has 0 aliphatic rings. The highest BCUT2D eigenvalue weighted by Gasteiger charge is 2.29. The van der Waals surface area contributed by atoms with Crippen molar-refractivity contribution in [2.24, 2.45) is 5.41 Å². The summed E-state index contributed by atoms with van der Waals surface area (Å²) in [6.07, 6.45) is 1.86. The Morgan fingerprint density at radius 2 is 1.74 bits per heavy atom. The number of amides is 1. The number of aliphatic hydroxyl groups is 1. The fourth-order valence-corrected chi connectivity index (χ4v) is 5.86. The van der Waals surface area contributed by atoms with Crippen molar-refractivity contribution in [1.29, 1.82) is 0 Å². The van der Waals surface area contributed by atoms with Crippen molar-refractivity contribution in [3.63, 3.8) is 0 Å². The smallest absolute Gasteiger partial charge is 0.328 e. The molecule has 2 N–H and O–H groups in total. The SMILES string of the molecule is CCCC(C)(C)C(O)COc1ccc(C(CC)c2cc(C)c(C(=O)N[C@H](CC(=O)OC)C(=O)OC)s2)cc1C. The highest BCUT2D eigenvalue weighted by Crippen LogP contribution is 2.37. The summed E-state index contributed by atoms with van der Waals surface area (Å²) in [6.45, 7) is 12.4. The Kier molecular flexibility index (Phi) is 12.0. The third-order valence-electron chi connectivity index (χ3n) is 7.08. The Hall–Kier alpha value is -2.91. The van der Waals surface area contributed by atoms with Crippen LogP contribution in [0.4, 0.5) is 0 Å². The summed E-state index contributed by atoms with van der Waals surface area (Å²) in [4.78, 5) is 38.4. The van der Waals surface area contributed by atoms with Crippen LogP contribution >= 0.6 is 11.3 Å². The molecule has 3 atom stereocenters. The van der Waals surface area contributed by atoms with Gasteiger partial charge in [-0.2, -0.15) is 0 Å². The van der Waals surface area contributed by atoms with Crippen molar-refractivity contribution in [2.75, 3.05) is 20.8 Å². The lowest BCUT2D eigenvalue weighted by Gasteiger charge is -2.30. The summed E-state index contributed by atoms with van der Waals surface area (Å²) >= 11 is 1.37. The van der Waals surface area contributed by atoms with Gasteiger partial charge in [-0.1, -0.05) is 46.2 Å². The van der Waals surface area contributed by atoms with Crippen LogP contribution in [0.1, 0.15) is 90.5 Å². The fraction of sp³-hybridized carbons (Fsp3) is 0.567. The van der Waals surface area contributed by atoms with E-state index in [0.717, 1.165) is 46.6 Å².